The van der Waals surface area contributed by atoms with Gasteiger partial charge < -0.3 is 10.1 Å². The van der Waals surface area contributed by atoms with E-state index in [0.717, 1.165) is 18.4 Å². The monoisotopic (exact) mass is 393 g/mol. The summed E-state index contributed by atoms with van der Waals surface area (Å²) in [6, 6.07) is 15.7. The van der Waals surface area contributed by atoms with Crippen LogP contribution >= 0.6 is 0 Å². The molecule has 0 fully saturated rings. The van der Waals surface area contributed by atoms with Crippen molar-refractivity contribution in [2.24, 2.45) is 0 Å². The zero-order chi connectivity index (χ0) is 20.5. The molecule has 2 aromatic carbocycles. The minimum absolute atomic E-state index is 0.251. The molecule has 3 rings (SSSR count). The molecule has 1 amide bonds. The molecule has 8 heteroatoms. The van der Waals surface area contributed by atoms with Crippen LogP contribution in [0.2, 0.25) is 0 Å². The summed E-state index contributed by atoms with van der Waals surface area (Å²) in [6.07, 6.45) is 3.66. The fraction of sp³-hybridized carbons (Fsp3) is 0.286. The molecule has 0 bridgehead atoms. The van der Waals surface area contributed by atoms with Gasteiger partial charge in [-0.2, -0.15) is 0 Å². The van der Waals surface area contributed by atoms with E-state index in [0.29, 0.717) is 24.3 Å². The van der Waals surface area contributed by atoms with Crippen LogP contribution in [0.5, 0.6) is 0 Å². The van der Waals surface area contributed by atoms with Crippen LogP contribution in [0.4, 0.5) is 5.69 Å². The Bertz CT molecular complexity index is 911. The Labute approximate surface area is 168 Å². The topological polar surface area (TPSA) is 99.0 Å². The molecular formula is C21H23N5O3. The molecule has 29 heavy (non-hydrogen) atoms. The molecule has 0 aliphatic carbocycles. The average Bonchev–Trinajstić information content (AvgIpc) is 3.28. The number of ether oxygens (including phenoxy) is 1. The summed E-state index contributed by atoms with van der Waals surface area (Å²) in [5.74, 6) is -0.619. The number of nitrogens with one attached hydrogen (secondary N) is 1. The van der Waals surface area contributed by atoms with Crippen molar-refractivity contribution < 1.29 is 14.3 Å². The van der Waals surface area contributed by atoms with E-state index in [1.165, 1.54) is 11.0 Å². The Balaban J connectivity index is 1.67. The Morgan fingerprint density at radius 2 is 1.86 bits per heavy atom. The van der Waals surface area contributed by atoms with Gasteiger partial charge in [0.15, 0.2) is 0 Å². The highest BCUT2D eigenvalue weighted by molar-refractivity contribution is 5.95. The fourth-order valence-electron chi connectivity index (χ4n) is 2.76. The highest BCUT2D eigenvalue weighted by Gasteiger charge is 2.22. The van der Waals surface area contributed by atoms with Gasteiger partial charge in [0.2, 0.25) is 5.91 Å². The van der Waals surface area contributed by atoms with Crippen molar-refractivity contribution in [1.82, 2.24) is 20.2 Å². The zero-order valence-electron chi connectivity index (χ0n) is 16.2. The number of amides is 1. The highest BCUT2D eigenvalue weighted by Crippen LogP contribution is 2.17. The lowest BCUT2D eigenvalue weighted by atomic mass is 10.1. The minimum atomic E-state index is -0.605. The predicted octanol–water partition coefficient (Wildman–Crippen LogP) is 3.05. The maximum Gasteiger partial charge on any atom is 0.338 e. The number of anilines is 1. The van der Waals surface area contributed by atoms with Crippen LogP contribution in [-0.4, -0.2) is 38.7 Å². The predicted molar refractivity (Wildman–Crippen MR) is 107 cm³/mol. The zero-order valence-corrected chi connectivity index (χ0v) is 16.2. The van der Waals surface area contributed by atoms with Gasteiger partial charge >= 0.3 is 5.97 Å². The molecule has 0 aliphatic heterocycles. The molecule has 1 heterocycles. The maximum atomic E-state index is 12.9. The Hall–Kier alpha value is -3.55. The van der Waals surface area contributed by atoms with Crippen molar-refractivity contribution in [3.05, 3.63) is 72.1 Å². The summed E-state index contributed by atoms with van der Waals surface area (Å²) in [7, 11) is 0. The molecule has 0 aliphatic rings. The molecule has 0 saturated carbocycles. The lowest BCUT2D eigenvalue weighted by Gasteiger charge is -2.16. The molecule has 8 nitrogen and oxygen atoms in total. The first kappa shape index (κ1) is 20.2. The van der Waals surface area contributed by atoms with Crippen molar-refractivity contribution in [1.29, 1.82) is 0 Å². The summed E-state index contributed by atoms with van der Waals surface area (Å²) in [4.78, 5) is 24.9. The Morgan fingerprint density at radius 1 is 1.10 bits per heavy atom. The second kappa shape index (κ2) is 10.1. The molecule has 1 N–H and O–H groups in total. The largest absolute Gasteiger partial charge is 0.462 e. The minimum Gasteiger partial charge on any atom is -0.462 e. The second-order valence-electron chi connectivity index (χ2n) is 6.55. The Kier molecular flexibility index (Phi) is 7.05. The summed E-state index contributed by atoms with van der Waals surface area (Å²) in [6.45, 7) is 2.44. The molecule has 0 spiro atoms. The van der Waals surface area contributed by atoms with Crippen molar-refractivity contribution >= 4 is 17.6 Å². The quantitative estimate of drug-likeness (QED) is 0.443. The normalized spacial score (nSPS) is 11.6. The van der Waals surface area contributed by atoms with Gasteiger partial charge in [-0.1, -0.05) is 43.7 Å². The number of esters is 1. The van der Waals surface area contributed by atoms with E-state index >= 15 is 0 Å². The summed E-state index contributed by atoms with van der Waals surface area (Å²) < 4.78 is 6.62. The van der Waals surface area contributed by atoms with Crippen LogP contribution in [0.25, 0.3) is 0 Å². The van der Waals surface area contributed by atoms with Crippen molar-refractivity contribution in [2.75, 3.05) is 11.9 Å². The molecule has 0 saturated heterocycles. The Morgan fingerprint density at radius 3 is 2.52 bits per heavy atom. The molecule has 3 aromatic rings. The summed E-state index contributed by atoms with van der Waals surface area (Å²) >= 11 is 0. The van der Waals surface area contributed by atoms with Gasteiger partial charge in [0.1, 0.15) is 12.4 Å². The highest BCUT2D eigenvalue weighted by atomic mass is 16.5. The first-order chi connectivity index (χ1) is 14.2. The molecule has 150 valence electrons. The van der Waals surface area contributed by atoms with Crippen LogP contribution < -0.4 is 5.32 Å². The van der Waals surface area contributed by atoms with Gasteiger partial charge in [-0.25, -0.2) is 9.48 Å². The molecule has 1 aromatic heterocycles. The van der Waals surface area contributed by atoms with Gasteiger partial charge in [-0.3, -0.25) is 4.79 Å². The number of carbonyl (C=O) groups excluding carboxylic acids is 2. The SMILES string of the molecule is CCCCOC(=O)c1ccc(NC(=O)C(Cc2ccccc2)n2cnnn2)cc1. The van der Waals surface area contributed by atoms with E-state index in [4.69, 9.17) is 4.74 Å². The standard InChI is InChI=1S/C21H23N5O3/c1-2-3-13-29-21(28)17-9-11-18(12-10-17)23-20(27)19(26-15-22-24-25-26)14-16-7-5-4-6-8-16/h4-12,15,19H,2-3,13-14H2,1H3,(H,23,27). The van der Waals surface area contributed by atoms with Gasteiger partial charge in [-0.05, 0) is 46.7 Å². The molecule has 1 unspecified atom stereocenters. The third-order valence-corrected chi connectivity index (χ3v) is 4.38. The number of rotatable bonds is 9. The average molecular weight is 393 g/mol. The second-order valence-corrected chi connectivity index (χ2v) is 6.55. The third kappa shape index (κ3) is 5.71. The van der Waals surface area contributed by atoms with Gasteiger partial charge in [0.05, 0.1) is 12.2 Å². The van der Waals surface area contributed by atoms with Crippen molar-refractivity contribution in [2.45, 2.75) is 32.2 Å². The third-order valence-electron chi connectivity index (χ3n) is 4.38. The molecular weight excluding hydrogens is 370 g/mol. The maximum absolute atomic E-state index is 12.9. The number of hydrogen-bond acceptors (Lipinski definition) is 6. The van der Waals surface area contributed by atoms with Crippen LogP contribution in [0.15, 0.2) is 60.9 Å². The van der Waals surface area contributed by atoms with Crippen LogP contribution in [-0.2, 0) is 16.0 Å². The first-order valence-electron chi connectivity index (χ1n) is 9.52. The van der Waals surface area contributed by atoms with E-state index < -0.39 is 6.04 Å². The van der Waals surface area contributed by atoms with Crippen LogP contribution in [0, 0.1) is 0 Å². The number of nitrogens with zero attached hydrogens (tertiary/aromatic N) is 4. The number of aromatic nitrogens is 4. The van der Waals surface area contributed by atoms with Gasteiger partial charge in [0.25, 0.3) is 0 Å². The summed E-state index contributed by atoms with van der Waals surface area (Å²) in [5.41, 5.74) is 2.01. The molecule has 0 radical (unpaired) electrons. The number of carbonyl (C=O) groups is 2. The lowest BCUT2D eigenvalue weighted by Crippen LogP contribution is -2.28. The number of benzene rings is 2. The number of hydrogen-bond donors (Lipinski definition) is 1. The number of tetrazole rings is 1. The van der Waals surface area contributed by atoms with Crippen molar-refractivity contribution in [3.63, 3.8) is 0 Å². The summed E-state index contributed by atoms with van der Waals surface area (Å²) in [5, 5.41) is 14.0. The number of unbranched alkanes of at least 4 members (excludes halogenated alkanes) is 1. The van der Waals surface area contributed by atoms with Gasteiger partial charge in [0, 0.05) is 12.1 Å². The van der Waals surface area contributed by atoms with Gasteiger partial charge in [-0.15, -0.1) is 5.10 Å². The van der Waals surface area contributed by atoms with Crippen LogP contribution in [0.3, 0.4) is 0 Å². The lowest BCUT2D eigenvalue weighted by molar-refractivity contribution is -0.119. The van der Waals surface area contributed by atoms with E-state index in [1.54, 1.807) is 24.3 Å². The van der Waals surface area contributed by atoms with Crippen molar-refractivity contribution in [3.8, 4) is 0 Å². The van der Waals surface area contributed by atoms with E-state index in [9.17, 15) is 9.59 Å². The fourth-order valence-corrected chi connectivity index (χ4v) is 2.76. The van der Waals surface area contributed by atoms with E-state index in [2.05, 4.69) is 20.8 Å². The molecule has 1 atom stereocenters. The van der Waals surface area contributed by atoms with E-state index in [-0.39, 0.29) is 11.9 Å². The smallest absolute Gasteiger partial charge is 0.338 e. The van der Waals surface area contributed by atoms with Crippen LogP contribution in [0.1, 0.15) is 41.7 Å². The van der Waals surface area contributed by atoms with E-state index in [1.807, 2.05) is 37.3 Å². The first-order valence-corrected chi connectivity index (χ1v) is 9.52.